The molecule has 0 heterocycles. The minimum atomic E-state index is -3.84. The molecule has 0 saturated carbocycles. The maximum Gasteiger partial charge on any atom is 0.331 e. The second-order valence-electron chi connectivity index (χ2n) is 8.89. The quantitative estimate of drug-likeness (QED) is 0.125. The molecule has 0 aliphatic rings. The van der Waals surface area contributed by atoms with E-state index in [2.05, 4.69) is 0 Å². The summed E-state index contributed by atoms with van der Waals surface area (Å²) in [5.41, 5.74) is 1.50. The van der Waals surface area contributed by atoms with Crippen molar-refractivity contribution in [2.24, 2.45) is 0 Å². The normalized spacial score (nSPS) is 11.8. The predicted molar refractivity (Wildman–Crippen MR) is 148 cm³/mol. The lowest BCUT2D eigenvalue weighted by Crippen LogP contribution is -2.14. The van der Waals surface area contributed by atoms with Gasteiger partial charge in [-0.15, -0.1) is 0 Å². The Bertz CT molecular complexity index is 1190. The Labute approximate surface area is 230 Å². The summed E-state index contributed by atoms with van der Waals surface area (Å²) < 4.78 is 60.4. The average Bonchev–Trinajstić information content (AvgIpc) is 2.89. The van der Waals surface area contributed by atoms with Gasteiger partial charge in [0.05, 0.1) is 25.6 Å². The van der Waals surface area contributed by atoms with Gasteiger partial charge in [-0.1, -0.05) is 38.8 Å². The van der Waals surface area contributed by atoms with Crippen molar-refractivity contribution in [1.29, 1.82) is 0 Å². The van der Waals surface area contributed by atoms with Crippen molar-refractivity contribution in [3.63, 3.8) is 0 Å². The molecule has 0 spiro atoms. The summed E-state index contributed by atoms with van der Waals surface area (Å²) in [6.45, 7) is 7.28. The van der Waals surface area contributed by atoms with Gasteiger partial charge in [-0.25, -0.2) is 9.18 Å². The summed E-state index contributed by atoms with van der Waals surface area (Å²) in [5, 5.41) is 9.54. The molecule has 0 atom stereocenters. The molecule has 0 saturated heterocycles. The maximum atomic E-state index is 14.5. The fourth-order valence-corrected chi connectivity index (χ4v) is 4.62. The standard InChI is InChI=1S/C29H39FO8S/c1-4-7-15-36-28-21-23(19-24(29(31)32)14-16-35-6-3)10-12-27(28)37-17-13-22-9-11-26(25(30)20-22)38-39(33,34)18-8-5-2/h9-12,19-21H,4-8,13-18H2,1-3H3,(H,31,32). The molecular formula is C29H39FO8S. The SMILES string of the molecule is CCCCOc1cc(C=C(CCOCC)C(=O)O)ccc1OCCc1ccc(OS(=O)(=O)CCCC)c(F)c1. The van der Waals surface area contributed by atoms with E-state index in [0.29, 0.717) is 61.7 Å². The van der Waals surface area contributed by atoms with E-state index in [1.807, 2.05) is 20.8 Å². The van der Waals surface area contributed by atoms with Gasteiger partial charge >= 0.3 is 16.1 Å². The Morgan fingerprint density at radius 2 is 1.64 bits per heavy atom. The van der Waals surface area contributed by atoms with E-state index >= 15 is 0 Å². The van der Waals surface area contributed by atoms with Gasteiger partial charge in [0.2, 0.25) is 0 Å². The zero-order valence-corrected chi connectivity index (χ0v) is 23.7. The number of aliphatic carboxylic acids is 1. The number of unbranched alkanes of at least 4 members (excludes halogenated alkanes) is 2. The average molecular weight is 567 g/mol. The summed E-state index contributed by atoms with van der Waals surface area (Å²) in [4.78, 5) is 11.6. The van der Waals surface area contributed by atoms with Crippen LogP contribution in [0.25, 0.3) is 6.08 Å². The summed E-state index contributed by atoms with van der Waals surface area (Å²) in [6, 6.07) is 9.33. The molecule has 8 nitrogen and oxygen atoms in total. The lowest BCUT2D eigenvalue weighted by atomic mass is 10.1. The number of carboxylic acid groups (broad SMARTS) is 1. The van der Waals surface area contributed by atoms with Crippen LogP contribution in [0.5, 0.6) is 17.2 Å². The maximum absolute atomic E-state index is 14.5. The Balaban J connectivity index is 2.10. The van der Waals surface area contributed by atoms with Crippen molar-refractivity contribution in [1.82, 2.24) is 0 Å². The molecule has 10 heteroatoms. The van der Waals surface area contributed by atoms with E-state index in [1.54, 1.807) is 30.3 Å². The molecule has 0 bridgehead atoms. The summed E-state index contributed by atoms with van der Waals surface area (Å²) in [6.07, 6.45) is 5.14. The van der Waals surface area contributed by atoms with Crippen molar-refractivity contribution in [2.75, 3.05) is 32.2 Å². The smallest absolute Gasteiger partial charge is 0.331 e. The first kappa shape index (κ1) is 32.1. The number of carboxylic acids is 1. The fraction of sp³-hybridized carbons (Fsp3) is 0.483. The van der Waals surface area contributed by atoms with Gasteiger partial charge < -0.3 is 23.5 Å². The number of hydrogen-bond acceptors (Lipinski definition) is 7. The largest absolute Gasteiger partial charge is 0.490 e. The van der Waals surface area contributed by atoms with E-state index in [0.717, 1.165) is 12.8 Å². The van der Waals surface area contributed by atoms with Crippen molar-refractivity contribution >= 4 is 22.2 Å². The number of rotatable bonds is 19. The van der Waals surface area contributed by atoms with Crippen molar-refractivity contribution in [3.8, 4) is 17.2 Å². The topological polar surface area (TPSA) is 108 Å². The highest BCUT2D eigenvalue weighted by Crippen LogP contribution is 2.30. The molecule has 0 aliphatic heterocycles. The number of ether oxygens (including phenoxy) is 3. The zero-order valence-electron chi connectivity index (χ0n) is 22.9. The van der Waals surface area contributed by atoms with Crippen LogP contribution in [0, 0.1) is 5.82 Å². The van der Waals surface area contributed by atoms with Crippen LogP contribution < -0.4 is 13.7 Å². The highest BCUT2D eigenvalue weighted by Gasteiger charge is 2.16. The Kier molecular flexibility index (Phi) is 13.8. The van der Waals surface area contributed by atoms with Crippen molar-refractivity contribution in [3.05, 3.63) is 58.9 Å². The molecule has 2 rings (SSSR count). The van der Waals surface area contributed by atoms with Gasteiger partial charge in [-0.3, -0.25) is 0 Å². The van der Waals surface area contributed by atoms with Gasteiger partial charge in [-0.2, -0.15) is 8.42 Å². The second kappa shape index (κ2) is 16.8. The highest BCUT2D eigenvalue weighted by molar-refractivity contribution is 7.87. The Morgan fingerprint density at radius 3 is 2.31 bits per heavy atom. The van der Waals surface area contributed by atoms with Gasteiger partial charge in [0.25, 0.3) is 0 Å². The first-order chi connectivity index (χ1) is 18.7. The number of halogens is 1. The highest BCUT2D eigenvalue weighted by atomic mass is 32.2. The summed E-state index contributed by atoms with van der Waals surface area (Å²) in [7, 11) is -3.84. The molecule has 0 radical (unpaired) electrons. The molecule has 39 heavy (non-hydrogen) atoms. The van der Waals surface area contributed by atoms with Crippen LogP contribution in [-0.4, -0.2) is 51.7 Å². The van der Waals surface area contributed by atoms with Crippen molar-refractivity contribution < 1.29 is 41.1 Å². The van der Waals surface area contributed by atoms with Gasteiger partial charge in [0.1, 0.15) is 0 Å². The fourth-order valence-electron chi connectivity index (χ4n) is 3.49. The third kappa shape index (κ3) is 11.7. The van der Waals surface area contributed by atoms with E-state index in [1.165, 1.54) is 12.1 Å². The third-order valence-corrected chi connectivity index (χ3v) is 6.89. The van der Waals surface area contributed by atoms with Crippen molar-refractivity contribution in [2.45, 2.75) is 59.3 Å². The molecule has 0 amide bonds. The van der Waals surface area contributed by atoms with Gasteiger partial charge in [0.15, 0.2) is 23.1 Å². The minimum Gasteiger partial charge on any atom is -0.490 e. The molecule has 0 unspecified atom stereocenters. The summed E-state index contributed by atoms with van der Waals surface area (Å²) >= 11 is 0. The number of benzene rings is 2. The molecule has 0 fully saturated rings. The molecule has 2 aromatic rings. The second-order valence-corrected chi connectivity index (χ2v) is 10.6. The molecular weight excluding hydrogens is 527 g/mol. The van der Waals surface area contributed by atoms with Crippen LogP contribution in [0.3, 0.4) is 0 Å². The lowest BCUT2D eigenvalue weighted by molar-refractivity contribution is -0.132. The first-order valence-electron chi connectivity index (χ1n) is 13.3. The monoisotopic (exact) mass is 566 g/mol. The van der Waals surface area contributed by atoms with Crippen LogP contribution in [-0.2, 0) is 26.1 Å². The molecule has 1 N–H and O–H groups in total. The Morgan fingerprint density at radius 1 is 0.923 bits per heavy atom. The first-order valence-corrected chi connectivity index (χ1v) is 14.9. The predicted octanol–water partition coefficient (Wildman–Crippen LogP) is 6.03. The Hall–Kier alpha value is -3.11. The van der Waals surface area contributed by atoms with Crippen LogP contribution in [0.15, 0.2) is 42.0 Å². The molecule has 2 aromatic carbocycles. The molecule has 0 aliphatic carbocycles. The van der Waals surface area contributed by atoms with E-state index < -0.39 is 21.9 Å². The molecule has 0 aromatic heterocycles. The van der Waals surface area contributed by atoms with Crippen LogP contribution >= 0.6 is 0 Å². The van der Waals surface area contributed by atoms with E-state index in [-0.39, 0.29) is 30.1 Å². The lowest BCUT2D eigenvalue weighted by Gasteiger charge is -2.14. The van der Waals surface area contributed by atoms with Crippen LogP contribution in [0.2, 0.25) is 0 Å². The minimum absolute atomic E-state index is 0.166. The van der Waals surface area contributed by atoms with Crippen LogP contribution in [0.4, 0.5) is 4.39 Å². The molecule has 216 valence electrons. The number of carbonyl (C=O) groups is 1. The zero-order chi connectivity index (χ0) is 28.7. The third-order valence-electron chi connectivity index (χ3n) is 5.67. The van der Waals surface area contributed by atoms with E-state index in [4.69, 9.17) is 18.4 Å². The van der Waals surface area contributed by atoms with Gasteiger partial charge in [-0.05, 0) is 61.2 Å². The summed E-state index contributed by atoms with van der Waals surface area (Å²) in [5.74, 6) is -1.29. The van der Waals surface area contributed by atoms with E-state index in [9.17, 15) is 22.7 Å². The van der Waals surface area contributed by atoms with Crippen LogP contribution in [0.1, 0.15) is 64.0 Å². The van der Waals surface area contributed by atoms with Gasteiger partial charge in [0, 0.05) is 25.0 Å². The number of hydrogen-bond donors (Lipinski definition) is 1.